The molecule has 0 aliphatic rings. The summed E-state index contributed by atoms with van der Waals surface area (Å²) in [5, 5.41) is 3.47. The predicted molar refractivity (Wildman–Crippen MR) is 68.1 cm³/mol. The van der Waals surface area contributed by atoms with Crippen molar-refractivity contribution >= 4 is 0 Å². The van der Waals surface area contributed by atoms with E-state index in [9.17, 15) is 0 Å². The predicted octanol–water partition coefficient (Wildman–Crippen LogP) is 2.84. The van der Waals surface area contributed by atoms with E-state index in [1.165, 1.54) is 5.56 Å². The number of pyridine rings is 1. The van der Waals surface area contributed by atoms with Gasteiger partial charge in [-0.15, -0.1) is 11.8 Å². The van der Waals surface area contributed by atoms with Gasteiger partial charge in [-0.25, -0.2) is 0 Å². The molecule has 0 saturated heterocycles. The maximum absolute atomic E-state index is 4.33. The molecule has 0 spiro atoms. The number of nitrogens with one attached hydrogen (secondary N) is 1. The van der Waals surface area contributed by atoms with Crippen molar-refractivity contribution in [1.82, 2.24) is 10.3 Å². The normalized spacial score (nSPS) is 11.7. The highest BCUT2D eigenvalue weighted by atomic mass is 14.9. The fraction of sp³-hybridized carbons (Fsp3) is 0.500. The number of aryl methyl sites for hydroxylation is 1. The SMILES string of the molecule is CC#CCCC(NCC)c1ccc(C)nc1. The molecule has 0 aliphatic carbocycles. The van der Waals surface area contributed by atoms with Gasteiger partial charge in [0.15, 0.2) is 0 Å². The van der Waals surface area contributed by atoms with Crippen LogP contribution in [0.15, 0.2) is 18.3 Å². The third kappa shape index (κ3) is 4.04. The minimum Gasteiger partial charge on any atom is -0.310 e. The Morgan fingerprint density at radius 2 is 2.25 bits per heavy atom. The molecule has 1 rings (SSSR count). The van der Waals surface area contributed by atoms with Gasteiger partial charge in [0, 0.05) is 24.4 Å². The van der Waals surface area contributed by atoms with Gasteiger partial charge in [0.2, 0.25) is 0 Å². The van der Waals surface area contributed by atoms with E-state index in [1.807, 2.05) is 20.0 Å². The lowest BCUT2D eigenvalue weighted by molar-refractivity contribution is 0.521. The van der Waals surface area contributed by atoms with Crippen molar-refractivity contribution in [3.8, 4) is 11.8 Å². The largest absolute Gasteiger partial charge is 0.310 e. The molecule has 0 amide bonds. The molecule has 0 aliphatic heterocycles. The van der Waals surface area contributed by atoms with Gasteiger partial charge < -0.3 is 5.32 Å². The van der Waals surface area contributed by atoms with Crippen LogP contribution in [0, 0.1) is 18.8 Å². The average Bonchev–Trinajstić information content (AvgIpc) is 2.29. The molecule has 1 atom stereocenters. The first-order chi connectivity index (χ1) is 7.77. The topological polar surface area (TPSA) is 24.9 Å². The van der Waals surface area contributed by atoms with Crippen LogP contribution in [0.4, 0.5) is 0 Å². The van der Waals surface area contributed by atoms with Gasteiger partial charge >= 0.3 is 0 Å². The first-order valence-corrected chi connectivity index (χ1v) is 5.83. The number of nitrogens with zero attached hydrogens (tertiary/aromatic N) is 1. The highest BCUT2D eigenvalue weighted by Gasteiger charge is 2.09. The van der Waals surface area contributed by atoms with Crippen LogP contribution < -0.4 is 5.32 Å². The fourth-order valence-electron chi connectivity index (χ4n) is 1.66. The highest BCUT2D eigenvalue weighted by molar-refractivity contribution is 5.17. The van der Waals surface area contributed by atoms with Gasteiger partial charge in [-0.1, -0.05) is 13.0 Å². The number of hydrogen-bond acceptors (Lipinski definition) is 2. The molecular formula is C14H20N2. The molecule has 16 heavy (non-hydrogen) atoms. The fourth-order valence-corrected chi connectivity index (χ4v) is 1.66. The van der Waals surface area contributed by atoms with E-state index in [1.54, 1.807) is 0 Å². The maximum Gasteiger partial charge on any atom is 0.0372 e. The van der Waals surface area contributed by atoms with E-state index >= 15 is 0 Å². The lowest BCUT2D eigenvalue weighted by atomic mass is 10.0. The first-order valence-electron chi connectivity index (χ1n) is 5.83. The third-order valence-corrected chi connectivity index (χ3v) is 2.52. The Bertz CT molecular complexity index is 357. The van der Waals surface area contributed by atoms with Crippen molar-refractivity contribution in [1.29, 1.82) is 0 Å². The molecule has 1 aromatic rings. The van der Waals surface area contributed by atoms with Crippen LogP contribution in [-0.4, -0.2) is 11.5 Å². The van der Waals surface area contributed by atoms with Crippen molar-refractivity contribution in [2.24, 2.45) is 0 Å². The zero-order chi connectivity index (χ0) is 11.8. The van der Waals surface area contributed by atoms with Gasteiger partial charge in [0.25, 0.3) is 0 Å². The van der Waals surface area contributed by atoms with Gasteiger partial charge in [0.05, 0.1) is 0 Å². The van der Waals surface area contributed by atoms with Gasteiger partial charge in [0.1, 0.15) is 0 Å². The van der Waals surface area contributed by atoms with Crippen LogP contribution in [0.25, 0.3) is 0 Å². The van der Waals surface area contributed by atoms with Crippen LogP contribution in [0.2, 0.25) is 0 Å². The standard InChI is InChI=1S/C14H20N2/c1-4-6-7-8-14(15-5-2)13-10-9-12(3)16-11-13/h9-11,14-15H,5,7-8H2,1-3H3. The van der Waals surface area contributed by atoms with Gasteiger partial charge in [-0.05, 0) is 38.4 Å². The lowest BCUT2D eigenvalue weighted by Crippen LogP contribution is -2.20. The summed E-state index contributed by atoms with van der Waals surface area (Å²) in [7, 11) is 0. The molecule has 86 valence electrons. The van der Waals surface area contributed by atoms with E-state index in [2.05, 4.69) is 41.2 Å². The lowest BCUT2D eigenvalue weighted by Gasteiger charge is -2.16. The average molecular weight is 216 g/mol. The Kier molecular flexibility index (Phi) is 5.60. The van der Waals surface area contributed by atoms with Crippen LogP contribution in [0.3, 0.4) is 0 Å². The zero-order valence-corrected chi connectivity index (χ0v) is 10.4. The first kappa shape index (κ1) is 12.7. The minimum absolute atomic E-state index is 0.374. The Morgan fingerprint density at radius 3 is 2.81 bits per heavy atom. The second kappa shape index (κ2) is 7.03. The summed E-state index contributed by atoms with van der Waals surface area (Å²) in [6.07, 6.45) is 3.93. The smallest absolute Gasteiger partial charge is 0.0372 e. The minimum atomic E-state index is 0.374. The monoisotopic (exact) mass is 216 g/mol. The van der Waals surface area contributed by atoms with Crippen LogP contribution in [0.1, 0.15) is 44.0 Å². The van der Waals surface area contributed by atoms with Crippen LogP contribution in [0.5, 0.6) is 0 Å². The summed E-state index contributed by atoms with van der Waals surface area (Å²) in [5.41, 5.74) is 2.32. The van der Waals surface area contributed by atoms with Gasteiger partial charge in [-0.2, -0.15) is 0 Å². The van der Waals surface area contributed by atoms with Crippen molar-refractivity contribution < 1.29 is 0 Å². The van der Waals surface area contributed by atoms with Crippen molar-refractivity contribution in [2.45, 2.75) is 39.7 Å². The molecule has 2 nitrogen and oxygen atoms in total. The van der Waals surface area contributed by atoms with Crippen molar-refractivity contribution in [2.75, 3.05) is 6.54 Å². The maximum atomic E-state index is 4.33. The molecule has 2 heteroatoms. The quantitative estimate of drug-likeness (QED) is 0.766. The second-order valence-electron chi connectivity index (χ2n) is 3.81. The van der Waals surface area contributed by atoms with Crippen LogP contribution in [-0.2, 0) is 0 Å². The summed E-state index contributed by atoms with van der Waals surface area (Å²) in [5.74, 6) is 6.04. The number of hydrogen-bond donors (Lipinski definition) is 1. The molecule has 1 unspecified atom stereocenters. The van der Waals surface area contributed by atoms with E-state index in [-0.39, 0.29) is 0 Å². The molecule has 1 N–H and O–H groups in total. The Labute approximate surface area is 98.5 Å². The molecule has 0 fully saturated rings. The number of rotatable bonds is 5. The van der Waals surface area contributed by atoms with Gasteiger partial charge in [-0.3, -0.25) is 4.98 Å². The molecule has 0 aromatic carbocycles. The molecule has 0 bridgehead atoms. The van der Waals surface area contributed by atoms with E-state index in [0.717, 1.165) is 25.1 Å². The summed E-state index contributed by atoms with van der Waals surface area (Å²) in [4.78, 5) is 4.33. The summed E-state index contributed by atoms with van der Waals surface area (Å²) >= 11 is 0. The third-order valence-electron chi connectivity index (χ3n) is 2.52. The Balaban J connectivity index is 2.67. The van der Waals surface area contributed by atoms with E-state index < -0.39 is 0 Å². The molecule has 0 saturated carbocycles. The molecule has 1 aromatic heterocycles. The molecular weight excluding hydrogens is 196 g/mol. The Morgan fingerprint density at radius 1 is 1.44 bits per heavy atom. The molecule has 0 radical (unpaired) electrons. The summed E-state index contributed by atoms with van der Waals surface area (Å²) in [6, 6.07) is 4.58. The van der Waals surface area contributed by atoms with E-state index in [4.69, 9.17) is 0 Å². The summed E-state index contributed by atoms with van der Waals surface area (Å²) in [6.45, 7) is 6.99. The summed E-state index contributed by atoms with van der Waals surface area (Å²) < 4.78 is 0. The van der Waals surface area contributed by atoms with E-state index in [0.29, 0.717) is 6.04 Å². The molecule has 1 heterocycles. The zero-order valence-electron chi connectivity index (χ0n) is 10.4. The number of aromatic nitrogens is 1. The van der Waals surface area contributed by atoms with Crippen LogP contribution >= 0.6 is 0 Å². The van der Waals surface area contributed by atoms with Crippen molar-refractivity contribution in [3.05, 3.63) is 29.6 Å². The van der Waals surface area contributed by atoms with Crippen molar-refractivity contribution in [3.63, 3.8) is 0 Å². The second-order valence-corrected chi connectivity index (χ2v) is 3.81. The Hall–Kier alpha value is -1.33. The highest BCUT2D eigenvalue weighted by Crippen LogP contribution is 2.17.